The number of nitrogens with two attached hydrogens (primary N) is 1. The summed E-state index contributed by atoms with van der Waals surface area (Å²) >= 11 is 0. The lowest BCUT2D eigenvalue weighted by Gasteiger charge is -2.14. The highest BCUT2D eigenvalue weighted by Crippen LogP contribution is 2.22. The second-order valence-electron chi connectivity index (χ2n) is 5.05. The van der Waals surface area contributed by atoms with E-state index in [1.54, 1.807) is 19.2 Å². The summed E-state index contributed by atoms with van der Waals surface area (Å²) in [5.74, 6) is 0.499. The molecule has 0 fully saturated rings. The number of halogens is 1. The standard InChI is InChI=1S/C17H21FN2O/c1-12(14-4-6-15(18)7-5-14)20-10-9-13-3-8-16(19)17(11-13)21-2/h3-8,11-12,20H,9-10,19H2,1-2H3. The third-order valence-corrected chi connectivity index (χ3v) is 3.53. The number of hydrogen-bond acceptors (Lipinski definition) is 3. The van der Waals surface area contributed by atoms with Crippen molar-refractivity contribution in [1.29, 1.82) is 0 Å². The van der Waals surface area contributed by atoms with Gasteiger partial charge in [-0.05, 0) is 55.3 Å². The van der Waals surface area contributed by atoms with Crippen LogP contribution in [0.2, 0.25) is 0 Å². The topological polar surface area (TPSA) is 47.3 Å². The lowest BCUT2D eigenvalue weighted by Crippen LogP contribution is -2.21. The van der Waals surface area contributed by atoms with Crippen molar-refractivity contribution in [2.45, 2.75) is 19.4 Å². The Morgan fingerprint density at radius 1 is 1.19 bits per heavy atom. The first-order valence-electron chi connectivity index (χ1n) is 7.01. The molecule has 0 amide bonds. The quantitative estimate of drug-likeness (QED) is 0.802. The summed E-state index contributed by atoms with van der Waals surface area (Å²) in [5.41, 5.74) is 8.68. The van der Waals surface area contributed by atoms with Crippen molar-refractivity contribution in [3.8, 4) is 5.75 Å². The Kier molecular flexibility index (Phi) is 5.17. The van der Waals surface area contributed by atoms with Crippen LogP contribution < -0.4 is 15.8 Å². The van der Waals surface area contributed by atoms with Crippen molar-refractivity contribution in [2.24, 2.45) is 0 Å². The van der Waals surface area contributed by atoms with Gasteiger partial charge in [-0.1, -0.05) is 18.2 Å². The number of nitrogens with one attached hydrogen (secondary N) is 1. The molecule has 0 aliphatic heterocycles. The van der Waals surface area contributed by atoms with Gasteiger partial charge in [0.25, 0.3) is 0 Å². The van der Waals surface area contributed by atoms with Gasteiger partial charge < -0.3 is 15.8 Å². The van der Waals surface area contributed by atoms with Crippen LogP contribution in [0.15, 0.2) is 42.5 Å². The van der Waals surface area contributed by atoms with E-state index in [0.717, 1.165) is 18.5 Å². The fourth-order valence-electron chi connectivity index (χ4n) is 2.21. The smallest absolute Gasteiger partial charge is 0.142 e. The van der Waals surface area contributed by atoms with Crippen LogP contribution in [0.1, 0.15) is 24.1 Å². The largest absolute Gasteiger partial charge is 0.495 e. The molecule has 0 heterocycles. The Balaban J connectivity index is 1.87. The zero-order valence-corrected chi connectivity index (χ0v) is 12.4. The normalized spacial score (nSPS) is 12.1. The predicted octanol–water partition coefficient (Wildman–Crippen LogP) is 3.31. The number of anilines is 1. The van der Waals surface area contributed by atoms with Crippen molar-refractivity contribution < 1.29 is 9.13 Å². The van der Waals surface area contributed by atoms with Crippen molar-refractivity contribution in [3.63, 3.8) is 0 Å². The van der Waals surface area contributed by atoms with E-state index < -0.39 is 0 Å². The summed E-state index contributed by atoms with van der Waals surface area (Å²) in [6, 6.07) is 12.6. The molecule has 0 aromatic heterocycles. The molecule has 4 heteroatoms. The summed E-state index contributed by atoms with van der Waals surface area (Å²) < 4.78 is 18.1. The average molecular weight is 288 g/mol. The molecule has 2 rings (SSSR count). The van der Waals surface area contributed by atoms with Gasteiger partial charge in [-0.15, -0.1) is 0 Å². The Hall–Kier alpha value is -2.07. The van der Waals surface area contributed by atoms with E-state index in [9.17, 15) is 4.39 Å². The first kappa shape index (κ1) is 15.3. The Bertz CT molecular complexity index is 584. The van der Waals surface area contributed by atoms with E-state index in [0.29, 0.717) is 11.4 Å². The molecule has 0 bridgehead atoms. The average Bonchev–Trinajstić information content (AvgIpc) is 2.49. The van der Waals surface area contributed by atoms with Crippen LogP contribution >= 0.6 is 0 Å². The zero-order chi connectivity index (χ0) is 15.2. The number of ether oxygens (including phenoxy) is 1. The molecular formula is C17H21FN2O. The molecule has 1 atom stereocenters. The van der Waals surface area contributed by atoms with Crippen molar-refractivity contribution in [2.75, 3.05) is 19.4 Å². The highest BCUT2D eigenvalue weighted by Gasteiger charge is 2.05. The molecule has 1 unspecified atom stereocenters. The van der Waals surface area contributed by atoms with Gasteiger partial charge >= 0.3 is 0 Å². The maximum atomic E-state index is 12.9. The summed E-state index contributed by atoms with van der Waals surface area (Å²) in [6.07, 6.45) is 0.877. The molecule has 2 aromatic rings. The highest BCUT2D eigenvalue weighted by molar-refractivity contribution is 5.53. The fraction of sp³-hybridized carbons (Fsp3) is 0.294. The lowest BCUT2D eigenvalue weighted by molar-refractivity contribution is 0.416. The summed E-state index contributed by atoms with van der Waals surface area (Å²) in [6.45, 7) is 2.89. The Morgan fingerprint density at radius 3 is 2.57 bits per heavy atom. The molecular weight excluding hydrogens is 267 g/mol. The minimum absolute atomic E-state index is 0.182. The van der Waals surface area contributed by atoms with Crippen LogP contribution in [-0.4, -0.2) is 13.7 Å². The fourth-order valence-corrected chi connectivity index (χ4v) is 2.21. The third-order valence-electron chi connectivity index (χ3n) is 3.53. The Morgan fingerprint density at radius 2 is 1.90 bits per heavy atom. The molecule has 0 saturated heterocycles. The van der Waals surface area contributed by atoms with Crippen molar-refractivity contribution >= 4 is 5.69 Å². The first-order chi connectivity index (χ1) is 10.1. The highest BCUT2D eigenvalue weighted by atomic mass is 19.1. The number of hydrogen-bond donors (Lipinski definition) is 2. The third kappa shape index (κ3) is 4.20. The van der Waals surface area contributed by atoms with Crippen molar-refractivity contribution in [3.05, 3.63) is 59.4 Å². The molecule has 2 aromatic carbocycles. The van der Waals surface area contributed by atoms with Gasteiger partial charge in [0, 0.05) is 6.04 Å². The maximum absolute atomic E-state index is 12.9. The van der Waals surface area contributed by atoms with E-state index in [-0.39, 0.29) is 11.9 Å². The van der Waals surface area contributed by atoms with Crippen LogP contribution in [0.3, 0.4) is 0 Å². The van der Waals surface area contributed by atoms with Crippen molar-refractivity contribution in [1.82, 2.24) is 5.32 Å². The monoisotopic (exact) mass is 288 g/mol. The zero-order valence-electron chi connectivity index (χ0n) is 12.4. The minimum Gasteiger partial charge on any atom is -0.495 e. The number of methoxy groups -OCH3 is 1. The predicted molar refractivity (Wildman–Crippen MR) is 83.9 cm³/mol. The van der Waals surface area contributed by atoms with E-state index in [2.05, 4.69) is 12.2 Å². The van der Waals surface area contributed by atoms with Gasteiger partial charge in [0.2, 0.25) is 0 Å². The van der Waals surface area contributed by atoms with Gasteiger partial charge in [-0.2, -0.15) is 0 Å². The molecule has 0 aliphatic rings. The molecule has 0 radical (unpaired) electrons. The summed E-state index contributed by atoms with van der Waals surface area (Å²) in [5, 5.41) is 3.42. The first-order valence-corrected chi connectivity index (χ1v) is 7.01. The molecule has 112 valence electrons. The second kappa shape index (κ2) is 7.09. The maximum Gasteiger partial charge on any atom is 0.142 e. The van der Waals surface area contributed by atoms with Crippen LogP contribution in [0, 0.1) is 5.82 Å². The number of benzene rings is 2. The summed E-state index contributed by atoms with van der Waals surface area (Å²) in [7, 11) is 1.62. The molecule has 3 nitrogen and oxygen atoms in total. The van der Waals surface area contributed by atoms with Gasteiger partial charge in [0.1, 0.15) is 11.6 Å². The van der Waals surface area contributed by atoms with Crippen LogP contribution in [0.25, 0.3) is 0 Å². The van der Waals surface area contributed by atoms with E-state index in [1.165, 1.54) is 17.7 Å². The van der Waals surface area contributed by atoms with E-state index in [4.69, 9.17) is 10.5 Å². The van der Waals surface area contributed by atoms with Gasteiger partial charge in [-0.25, -0.2) is 4.39 Å². The lowest BCUT2D eigenvalue weighted by atomic mass is 10.1. The van der Waals surface area contributed by atoms with Crippen LogP contribution in [-0.2, 0) is 6.42 Å². The second-order valence-corrected chi connectivity index (χ2v) is 5.05. The minimum atomic E-state index is -0.208. The number of nitrogen functional groups attached to an aromatic ring is 1. The van der Waals surface area contributed by atoms with Crippen LogP contribution in [0.5, 0.6) is 5.75 Å². The van der Waals surface area contributed by atoms with Gasteiger partial charge in [0.05, 0.1) is 12.8 Å². The number of rotatable bonds is 6. The molecule has 0 saturated carbocycles. The summed E-state index contributed by atoms with van der Waals surface area (Å²) in [4.78, 5) is 0. The van der Waals surface area contributed by atoms with Gasteiger partial charge in [-0.3, -0.25) is 0 Å². The van der Waals surface area contributed by atoms with Crippen LogP contribution in [0.4, 0.5) is 10.1 Å². The molecule has 3 N–H and O–H groups in total. The van der Waals surface area contributed by atoms with E-state index in [1.807, 2.05) is 18.2 Å². The van der Waals surface area contributed by atoms with Gasteiger partial charge in [0.15, 0.2) is 0 Å². The Labute approximate surface area is 124 Å². The molecule has 0 aliphatic carbocycles. The van der Waals surface area contributed by atoms with E-state index >= 15 is 0 Å². The SMILES string of the molecule is COc1cc(CCNC(C)c2ccc(F)cc2)ccc1N. The molecule has 0 spiro atoms. The molecule has 21 heavy (non-hydrogen) atoms.